The summed E-state index contributed by atoms with van der Waals surface area (Å²) in [6.07, 6.45) is 12.8. The molecular weight excluding hydrogens is 384 g/mol. The zero-order valence-electron chi connectivity index (χ0n) is 17.5. The molecule has 0 bridgehead atoms. The Balaban J connectivity index is 1.62. The minimum atomic E-state index is 0.481. The van der Waals surface area contributed by atoms with Crippen molar-refractivity contribution in [1.29, 1.82) is 0 Å². The molecule has 31 heavy (non-hydrogen) atoms. The number of imidazole rings is 1. The zero-order valence-corrected chi connectivity index (χ0v) is 17.5. The highest BCUT2D eigenvalue weighted by Gasteiger charge is 2.26. The van der Waals surface area contributed by atoms with Crippen molar-refractivity contribution in [2.24, 2.45) is 4.99 Å². The Labute approximate surface area is 180 Å². The van der Waals surface area contributed by atoms with Gasteiger partial charge in [0.05, 0.1) is 11.2 Å². The molecule has 0 radical (unpaired) electrons. The van der Waals surface area contributed by atoms with Gasteiger partial charge in [0.2, 0.25) is 0 Å². The number of aromatic nitrogens is 4. The Morgan fingerprint density at radius 1 is 1.23 bits per heavy atom. The van der Waals surface area contributed by atoms with Crippen molar-refractivity contribution in [3.05, 3.63) is 73.0 Å². The summed E-state index contributed by atoms with van der Waals surface area (Å²) in [5.41, 5.74) is 11.6. The molecule has 4 aromatic rings. The molecule has 1 saturated carbocycles. The van der Waals surface area contributed by atoms with Gasteiger partial charge < -0.3 is 5.73 Å². The van der Waals surface area contributed by atoms with Gasteiger partial charge in [0, 0.05) is 42.5 Å². The molecule has 5 rings (SSSR count). The topological polar surface area (TPSA) is 81.5 Å². The van der Waals surface area contributed by atoms with Gasteiger partial charge in [-0.3, -0.25) is 9.39 Å². The predicted octanol–water partition coefficient (Wildman–Crippen LogP) is 5.06. The minimum absolute atomic E-state index is 0.481. The number of rotatable bonds is 5. The predicted molar refractivity (Wildman–Crippen MR) is 127 cm³/mol. The Kier molecular flexibility index (Phi) is 4.82. The molecule has 3 aromatic heterocycles. The van der Waals surface area contributed by atoms with Gasteiger partial charge in [-0.1, -0.05) is 37.3 Å². The number of nitrogens with two attached hydrogens (primary N) is 1. The van der Waals surface area contributed by atoms with Crippen molar-refractivity contribution in [2.75, 3.05) is 12.8 Å². The standard InChI is InChI=1S/C25H24N6/c1-16(5-4-12-27-2)20-11-10-17-8-9-19(15-21(17)29-20)22-23-24(26)28-13-14-31(23)25(30-22)18-6-3-7-18/h4-5,8-15,18H,1,3,6-7H2,2H3,(H2,26,28)/b5-4-,27-12?. The number of nitrogens with zero attached hydrogens (tertiary/aromatic N) is 5. The second-order valence-corrected chi connectivity index (χ2v) is 7.87. The molecule has 0 atom stereocenters. The number of fused-ring (bicyclic) bond motifs is 2. The fraction of sp³-hybridized carbons (Fsp3) is 0.200. The molecule has 0 aliphatic heterocycles. The zero-order chi connectivity index (χ0) is 21.4. The summed E-state index contributed by atoms with van der Waals surface area (Å²) < 4.78 is 2.11. The smallest absolute Gasteiger partial charge is 0.150 e. The maximum atomic E-state index is 6.28. The van der Waals surface area contributed by atoms with Crippen molar-refractivity contribution in [1.82, 2.24) is 19.4 Å². The molecule has 6 nitrogen and oxygen atoms in total. The van der Waals surface area contributed by atoms with Gasteiger partial charge in [-0.15, -0.1) is 0 Å². The van der Waals surface area contributed by atoms with E-state index in [0.29, 0.717) is 11.7 Å². The average Bonchev–Trinajstić information content (AvgIpc) is 3.12. The van der Waals surface area contributed by atoms with Gasteiger partial charge in [0.15, 0.2) is 0 Å². The molecule has 6 heteroatoms. The summed E-state index contributed by atoms with van der Waals surface area (Å²) in [4.78, 5) is 18.1. The van der Waals surface area contributed by atoms with Crippen LogP contribution in [0.15, 0.2) is 66.4 Å². The molecule has 0 unspecified atom stereocenters. The van der Waals surface area contributed by atoms with Gasteiger partial charge in [0.1, 0.15) is 22.9 Å². The second kappa shape index (κ2) is 7.80. The molecule has 1 aliphatic rings. The van der Waals surface area contributed by atoms with Crippen molar-refractivity contribution in [3.8, 4) is 11.3 Å². The lowest BCUT2D eigenvalue weighted by Crippen LogP contribution is -2.12. The lowest BCUT2D eigenvalue weighted by Gasteiger charge is -2.23. The lowest BCUT2D eigenvalue weighted by molar-refractivity contribution is 0.400. The average molecular weight is 409 g/mol. The summed E-state index contributed by atoms with van der Waals surface area (Å²) in [6.45, 7) is 4.12. The van der Waals surface area contributed by atoms with Crippen LogP contribution in [-0.2, 0) is 0 Å². The molecule has 2 N–H and O–H groups in total. The van der Waals surface area contributed by atoms with Crippen LogP contribution in [-0.4, -0.2) is 32.6 Å². The lowest BCUT2D eigenvalue weighted by atomic mass is 9.85. The van der Waals surface area contributed by atoms with E-state index in [2.05, 4.69) is 45.2 Å². The molecule has 1 fully saturated rings. The van der Waals surface area contributed by atoms with Gasteiger partial charge in [0.25, 0.3) is 0 Å². The van der Waals surface area contributed by atoms with Gasteiger partial charge in [-0.2, -0.15) is 0 Å². The third kappa shape index (κ3) is 3.40. The van der Waals surface area contributed by atoms with Crippen LogP contribution in [0.2, 0.25) is 0 Å². The Hall–Kier alpha value is -3.80. The first-order valence-electron chi connectivity index (χ1n) is 10.5. The van der Waals surface area contributed by atoms with Crippen LogP contribution in [0.3, 0.4) is 0 Å². The van der Waals surface area contributed by atoms with E-state index < -0.39 is 0 Å². The van der Waals surface area contributed by atoms with Crippen LogP contribution in [0.5, 0.6) is 0 Å². The molecule has 0 amide bonds. The number of allylic oxidation sites excluding steroid dienone is 3. The first kappa shape index (κ1) is 19.2. The van der Waals surface area contributed by atoms with Crippen molar-refractivity contribution in [2.45, 2.75) is 25.2 Å². The summed E-state index contributed by atoms with van der Waals surface area (Å²) in [7, 11) is 1.74. The third-order valence-corrected chi connectivity index (χ3v) is 5.91. The summed E-state index contributed by atoms with van der Waals surface area (Å²) in [5, 5.41) is 1.06. The van der Waals surface area contributed by atoms with E-state index >= 15 is 0 Å². The van der Waals surface area contributed by atoms with Crippen molar-refractivity contribution >= 4 is 34.0 Å². The van der Waals surface area contributed by atoms with Crippen LogP contribution in [0.4, 0.5) is 5.82 Å². The van der Waals surface area contributed by atoms with Gasteiger partial charge in [-0.05, 0) is 36.6 Å². The van der Waals surface area contributed by atoms with E-state index in [1.54, 1.807) is 19.5 Å². The molecule has 0 saturated heterocycles. The quantitative estimate of drug-likeness (QED) is 0.369. The van der Waals surface area contributed by atoms with E-state index in [-0.39, 0.29) is 0 Å². The van der Waals surface area contributed by atoms with E-state index in [9.17, 15) is 0 Å². The number of benzene rings is 1. The van der Waals surface area contributed by atoms with Gasteiger partial charge >= 0.3 is 0 Å². The van der Waals surface area contributed by atoms with E-state index in [0.717, 1.165) is 44.8 Å². The fourth-order valence-corrected chi connectivity index (χ4v) is 4.02. The molecule has 3 heterocycles. The Morgan fingerprint density at radius 2 is 2.06 bits per heavy atom. The van der Waals surface area contributed by atoms with Crippen LogP contribution in [0.1, 0.15) is 36.7 Å². The van der Waals surface area contributed by atoms with E-state index in [4.69, 9.17) is 15.7 Å². The minimum Gasteiger partial charge on any atom is -0.382 e. The van der Waals surface area contributed by atoms with Crippen LogP contribution < -0.4 is 5.73 Å². The van der Waals surface area contributed by atoms with E-state index in [1.807, 2.05) is 24.4 Å². The molecule has 1 aromatic carbocycles. The number of pyridine rings is 1. The fourth-order valence-electron chi connectivity index (χ4n) is 4.02. The number of hydrogen-bond acceptors (Lipinski definition) is 5. The third-order valence-electron chi connectivity index (χ3n) is 5.91. The summed E-state index contributed by atoms with van der Waals surface area (Å²) in [5.74, 6) is 2.05. The second-order valence-electron chi connectivity index (χ2n) is 7.87. The Morgan fingerprint density at radius 3 is 2.84 bits per heavy atom. The monoisotopic (exact) mass is 408 g/mol. The maximum absolute atomic E-state index is 6.28. The van der Waals surface area contributed by atoms with E-state index in [1.165, 1.54) is 19.3 Å². The normalized spacial score (nSPS) is 14.7. The molecule has 1 aliphatic carbocycles. The van der Waals surface area contributed by atoms with Crippen LogP contribution >= 0.6 is 0 Å². The van der Waals surface area contributed by atoms with Crippen molar-refractivity contribution < 1.29 is 0 Å². The van der Waals surface area contributed by atoms with Gasteiger partial charge in [-0.25, -0.2) is 15.0 Å². The SMILES string of the molecule is C=C(/C=C\C=NC)c1ccc2ccc(-c3nc(C4CCC4)n4ccnc(N)c34)cc2n1. The molecule has 0 spiro atoms. The summed E-state index contributed by atoms with van der Waals surface area (Å²) in [6, 6.07) is 10.3. The first-order valence-corrected chi connectivity index (χ1v) is 10.5. The Bertz CT molecular complexity index is 1360. The largest absolute Gasteiger partial charge is 0.382 e. The first-order chi connectivity index (χ1) is 15.2. The molecule has 154 valence electrons. The highest BCUT2D eigenvalue weighted by molar-refractivity contribution is 5.91. The molecular formula is C25H24N6. The summed E-state index contributed by atoms with van der Waals surface area (Å²) >= 11 is 0. The van der Waals surface area contributed by atoms with Crippen molar-refractivity contribution in [3.63, 3.8) is 0 Å². The number of nitrogen functional groups attached to an aromatic ring is 1. The highest BCUT2D eigenvalue weighted by atomic mass is 15.1. The number of anilines is 1. The highest BCUT2D eigenvalue weighted by Crippen LogP contribution is 2.39. The van der Waals surface area contributed by atoms with Crippen LogP contribution in [0.25, 0.3) is 33.3 Å². The van der Waals surface area contributed by atoms with Crippen LogP contribution in [0, 0.1) is 0 Å². The maximum Gasteiger partial charge on any atom is 0.150 e. The number of aliphatic imine (C=N–C) groups is 1. The number of hydrogen-bond donors (Lipinski definition) is 1.